The minimum atomic E-state index is -0.299. The zero-order valence-electron chi connectivity index (χ0n) is 14.6. The fourth-order valence-corrected chi connectivity index (χ4v) is 3.72. The maximum absolute atomic E-state index is 12.2. The zero-order chi connectivity index (χ0) is 18.8. The molecule has 0 radical (unpaired) electrons. The predicted molar refractivity (Wildman–Crippen MR) is 108 cm³/mol. The number of rotatable bonds is 5. The van der Waals surface area contributed by atoms with Crippen molar-refractivity contribution in [3.05, 3.63) is 66.2 Å². The molecule has 0 saturated carbocycles. The van der Waals surface area contributed by atoms with Gasteiger partial charge < -0.3 is 4.74 Å². The molecule has 27 heavy (non-hydrogen) atoms. The summed E-state index contributed by atoms with van der Waals surface area (Å²) in [5.41, 5.74) is 1.43. The molecule has 1 heterocycles. The second-order valence-electron chi connectivity index (χ2n) is 6.07. The molecular weight excluding hydrogens is 360 g/mol. The summed E-state index contributed by atoms with van der Waals surface area (Å²) < 4.78 is 6.50. The number of Topliss-reactive ketones (excluding diaryl/α,β-unsaturated/α-hetero) is 1. The lowest BCUT2D eigenvalue weighted by atomic mass is 10.1. The minimum absolute atomic E-state index is 0.0494. The standard InChI is InChI=1S/C21H16N2O3S/c1-13(24)15-6-4-7-16(11-15)26-12-19(25)22-21-23-20-17-8-3-2-5-14(17)9-10-18(20)27-21/h2-11H,12H2,1H3,(H,22,23,25). The average molecular weight is 376 g/mol. The van der Waals surface area contributed by atoms with Gasteiger partial charge in [0.25, 0.3) is 5.91 Å². The Kier molecular flexibility index (Phi) is 4.56. The Bertz CT molecular complexity index is 1170. The summed E-state index contributed by atoms with van der Waals surface area (Å²) in [4.78, 5) is 28.2. The van der Waals surface area contributed by atoms with Gasteiger partial charge in [0.05, 0.1) is 10.2 Å². The van der Waals surface area contributed by atoms with Gasteiger partial charge in [-0.25, -0.2) is 4.98 Å². The van der Waals surface area contributed by atoms with Crippen LogP contribution in [0.15, 0.2) is 60.7 Å². The Hall–Kier alpha value is -3.25. The summed E-state index contributed by atoms with van der Waals surface area (Å²) in [6.45, 7) is 1.33. The first-order valence-electron chi connectivity index (χ1n) is 8.42. The molecule has 6 heteroatoms. The van der Waals surface area contributed by atoms with Crippen LogP contribution in [0.25, 0.3) is 21.0 Å². The van der Waals surface area contributed by atoms with Gasteiger partial charge in [-0.3, -0.25) is 14.9 Å². The molecule has 5 nitrogen and oxygen atoms in total. The van der Waals surface area contributed by atoms with E-state index in [1.807, 2.05) is 36.4 Å². The van der Waals surface area contributed by atoms with Crippen LogP contribution in [0.4, 0.5) is 5.13 Å². The molecule has 134 valence electrons. The van der Waals surface area contributed by atoms with E-state index in [0.29, 0.717) is 16.4 Å². The molecule has 0 unspecified atom stereocenters. The number of thiazole rings is 1. The first-order valence-corrected chi connectivity index (χ1v) is 9.24. The lowest BCUT2D eigenvalue weighted by Gasteiger charge is -2.06. The summed E-state index contributed by atoms with van der Waals surface area (Å²) in [5.74, 6) is 0.131. The smallest absolute Gasteiger partial charge is 0.264 e. The van der Waals surface area contributed by atoms with Gasteiger partial charge in [-0.2, -0.15) is 0 Å². The molecule has 0 fully saturated rings. The van der Waals surface area contributed by atoms with Gasteiger partial charge in [0.15, 0.2) is 17.5 Å². The Morgan fingerprint density at radius 3 is 2.78 bits per heavy atom. The van der Waals surface area contributed by atoms with Crippen molar-refractivity contribution in [2.45, 2.75) is 6.92 Å². The van der Waals surface area contributed by atoms with E-state index in [1.54, 1.807) is 24.3 Å². The third-order valence-electron chi connectivity index (χ3n) is 4.14. The fraction of sp³-hybridized carbons (Fsp3) is 0.0952. The highest BCUT2D eigenvalue weighted by atomic mass is 32.1. The second kappa shape index (κ2) is 7.17. The van der Waals surface area contributed by atoms with Gasteiger partial charge in [0, 0.05) is 10.9 Å². The van der Waals surface area contributed by atoms with Crippen molar-refractivity contribution >= 4 is 49.1 Å². The van der Waals surface area contributed by atoms with Crippen molar-refractivity contribution in [3.8, 4) is 5.75 Å². The van der Waals surface area contributed by atoms with Crippen LogP contribution in [-0.4, -0.2) is 23.3 Å². The largest absolute Gasteiger partial charge is 0.484 e. The number of ketones is 1. The number of carbonyl (C=O) groups excluding carboxylic acids is 2. The van der Waals surface area contributed by atoms with Gasteiger partial charge in [0.2, 0.25) is 0 Å². The number of carbonyl (C=O) groups is 2. The number of amides is 1. The number of hydrogen-bond acceptors (Lipinski definition) is 5. The molecule has 4 rings (SSSR count). The van der Waals surface area contributed by atoms with Gasteiger partial charge in [0.1, 0.15) is 5.75 Å². The van der Waals surface area contributed by atoms with Crippen LogP contribution in [0, 0.1) is 0 Å². The summed E-state index contributed by atoms with van der Waals surface area (Å²) in [5, 5.41) is 5.49. The summed E-state index contributed by atoms with van der Waals surface area (Å²) in [6.07, 6.45) is 0. The SMILES string of the molecule is CC(=O)c1cccc(OCC(=O)Nc2nc3c(ccc4ccccc43)s2)c1. The van der Waals surface area contributed by atoms with Gasteiger partial charge >= 0.3 is 0 Å². The molecule has 0 aliphatic carbocycles. The number of aromatic nitrogens is 1. The molecule has 0 aliphatic heterocycles. The summed E-state index contributed by atoms with van der Waals surface area (Å²) >= 11 is 1.43. The highest BCUT2D eigenvalue weighted by Crippen LogP contribution is 2.31. The third-order valence-corrected chi connectivity index (χ3v) is 5.08. The molecule has 0 atom stereocenters. The van der Waals surface area contributed by atoms with E-state index in [4.69, 9.17) is 4.74 Å². The lowest BCUT2D eigenvalue weighted by molar-refractivity contribution is -0.118. The molecule has 0 spiro atoms. The Morgan fingerprint density at radius 2 is 1.93 bits per heavy atom. The van der Waals surface area contributed by atoms with Crippen LogP contribution >= 0.6 is 11.3 Å². The van der Waals surface area contributed by atoms with E-state index >= 15 is 0 Å². The van der Waals surface area contributed by atoms with Crippen molar-refractivity contribution in [1.29, 1.82) is 0 Å². The Labute approximate surface area is 159 Å². The van der Waals surface area contributed by atoms with E-state index in [1.165, 1.54) is 18.3 Å². The van der Waals surface area contributed by atoms with Crippen LogP contribution in [0.2, 0.25) is 0 Å². The number of hydrogen-bond donors (Lipinski definition) is 1. The molecule has 0 saturated heterocycles. The fourth-order valence-electron chi connectivity index (χ4n) is 2.82. The second-order valence-corrected chi connectivity index (χ2v) is 7.10. The molecule has 1 N–H and O–H groups in total. The van der Waals surface area contributed by atoms with E-state index in [2.05, 4.69) is 10.3 Å². The highest BCUT2D eigenvalue weighted by Gasteiger charge is 2.11. The zero-order valence-corrected chi connectivity index (χ0v) is 15.4. The van der Waals surface area contributed by atoms with Crippen LogP contribution in [0.5, 0.6) is 5.75 Å². The molecule has 0 aliphatic rings. The summed E-state index contributed by atoms with van der Waals surface area (Å²) in [7, 11) is 0. The predicted octanol–water partition coefficient (Wildman–Crippen LogP) is 4.67. The number of nitrogens with zero attached hydrogens (tertiary/aromatic N) is 1. The van der Waals surface area contributed by atoms with E-state index in [-0.39, 0.29) is 18.3 Å². The topological polar surface area (TPSA) is 68.3 Å². The number of anilines is 1. The van der Waals surface area contributed by atoms with Crippen molar-refractivity contribution in [1.82, 2.24) is 4.98 Å². The van der Waals surface area contributed by atoms with Crippen molar-refractivity contribution in [2.24, 2.45) is 0 Å². The monoisotopic (exact) mass is 376 g/mol. The average Bonchev–Trinajstić information content (AvgIpc) is 3.09. The molecule has 1 amide bonds. The van der Waals surface area contributed by atoms with Crippen LogP contribution in [0.3, 0.4) is 0 Å². The van der Waals surface area contributed by atoms with Gasteiger partial charge in [-0.05, 0) is 30.5 Å². The molecule has 0 bridgehead atoms. The van der Waals surface area contributed by atoms with Gasteiger partial charge in [-0.15, -0.1) is 0 Å². The van der Waals surface area contributed by atoms with Crippen LogP contribution < -0.4 is 10.1 Å². The molecule has 4 aromatic rings. The first-order chi connectivity index (χ1) is 13.1. The quantitative estimate of drug-likeness (QED) is 0.514. The summed E-state index contributed by atoms with van der Waals surface area (Å²) in [6, 6.07) is 18.8. The van der Waals surface area contributed by atoms with E-state index in [9.17, 15) is 9.59 Å². The third kappa shape index (κ3) is 3.66. The number of benzene rings is 3. The van der Waals surface area contributed by atoms with Crippen LogP contribution in [0.1, 0.15) is 17.3 Å². The van der Waals surface area contributed by atoms with Crippen molar-refractivity contribution in [3.63, 3.8) is 0 Å². The normalized spacial score (nSPS) is 10.9. The van der Waals surface area contributed by atoms with E-state index < -0.39 is 0 Å². The van der Waals surface area contributed by atoms with Crippen molar-refractivity contribution in [2.75, 3.05) is 11.9 Å². The van der Waals surface area contributed by atoms with Gasteiger partial charge in [-0.1, -0.05) is 53.8 Å². The first kappa shape index (κ1) is 17.2. The maximum atomic E-state index is 12.2. The minimum Gasteiger partial charge on any atom is -0.484 e. The molecule has 1 aromatic heterocycles. The molecular formula is C21H16N2O3S. The molecule has 3 aromatic carbocycles. The van der Waals surface area contributed by atoms with Crippen LogP contribution in [-0.2, 0) is 4.79 Å². The number of fused-ring (bicyclic) bond motifs is 3. The maximum Gasteiger partial charge on any atom is 0.264 e. The Balaban J connectivity index is 1.47. The van der Waals surface area contributed by atoms with E-state index in [0.717, 1.165) is 21.0 Å². The highest BCUT2D eigenvalue weighted by molar-refractivity contribution is 7.22. The van der Waals surface area contributed by atoms with Crippen molar-refractivity contribution < 1.29 is 14.3 Å². The number of ether oxygens (including phenoxy) is 1. The Morgan fingerprint density at radius 1 is 1.07 bits per heavy atom. The lowest BCUT2D eigenvalue weighted by Crippen LogP contribution is -2.20. The number of nitrogens with one attached hydrogen (secondary N) is 1.